The van der Waals surface area contributed by atoms with Crippen LogP contribution in [-0.4, -0.2) is 42.9 Å². The van der Waals surface area contributed by atoms with Gasteiger partial charge in [0.2, 0.25) is 0 Å². The molecule has 0 saturated heterocycles. The molecule has 0 fully saturated rings. The van der Waals surface area contributed by atoms with Gasteiger partial charge in [0.25, 0.3) is 0 Å². The van der Waals surface area contributed by atoms with Crippen LogP contribution in [0.1, 0.15) is 71.2 Å². The Morgan fingerprint density at radius 1 is 0.587 bits per heavy atom. The minimum atomic E-state index is -1.63. The summed E-state index contributed by atoms with van der Waals surface area (Å²) in [7, 11) is 0. The van der Waals surface area contributed by atoms with Crippen LogP contribution in [0, 0.1) is 0 Å². The maximum absolute atomic E-state index is 12.8. The van der Waals surface area contributed by atoms with E-state index in [4.69, 9.17) is 20.9 Å². The van der Waals surface area contributed by atoms with Gasteiger partial charge in [0.05, 0.1) is 36.3 Å². The van der Waals surface area contributed by atoms with E-state index in [0.29, 0.717) is 0 Å². The first-order chi connectivity index (χ1) is 21.8. The Balaban J connectivity index is 0.000000370. The van der Waals surface area contributed by atoms with Crippen LogP contribution in [0.5, 0.6) is 0 Å². The van der Waals surface area contributed by atoms with Gasteiger partial charge in [-0.2, -0.15) is 0 Å². The number of carboxylic acid groups (broad SMARTS) is 2. The normalized spacial score (nSPS) is 9.83. The zero-order valence-corrected chi connectivity index (χ0v) is 25.2. The number of esters is 2. The van der Waals surface area contributed by atoms with Crippen molar-refractivity contribution < 1.29 is 55.1 Å². The van der Waals surface area contributed by atoms with Crippen LogP contribution in [0.4, 0.5) is 22.7 Å². The fraction of sp³-hybridized carbons (Fsp3) is 0.121. The van der Waals surface area contributed by atoms with Gasteiger partial charge in [-0.25, -0.2) is 9.59 Å². The summed E-state index contributed by atoms with van der Waals surface area (Å²) >= 11 is 0. The van der Waals surface area contributed by atoms with E-state index >= 15 is 0 Å². The predicted molar refractivity (Wildman–Crippen MR) is 164 cm³/mol. The zero-order valence-electron chi connectivity index (χ0n) is 25.2. The molecule has 0 atom stereocenters. The summed E-state index contributed by atoms with van der Waals surface area (Å²) in [6.45, 7) is 3.02. The predicted octanol–water partition coefficient (Wildman–Crippen LogP) is 0.282. The van der Waals surface area contributed by atoms with Crippen molar-refractivity contribution in [2.24, 2.45) is 0 Å². The molecular formula is C33H34N4O9. The summed E-state index contributed by atoms with van der Waals surface area (Å²) in [5, 5.41) is 22.5. The molecule has 0 aliphatic carbocycles. The van der Waals surface area contributed by atoms with Gasteiger partial charge in [-0.1, -0.05) is 36.4 Å². The molecule has 240 valence electrons. The van der Waals surface area contributed by atoms with E-state index in [-0.39, 0.29) is 35.5 Å². The third kappa shape index (κ3) is 10.6. The number of anilines is 2. The summed E-state index contributed by atoms with van der Waals surface area (Å²) < 4.78 is 9.61. The van der Waals surface area contributed by atoms with Crippen LogP contribution in [0.15, 0.2) is 84.9 Å². The number of carboxylic acids is 2. The van der Waals surface area contributed by atoms with Gasteiger partial charge < -0.3 is 52.2 Å². The van der Waals surface area contributed by atoms with E-state index in [1.54, 1.807) is 0 Å². The fourth-order valence-corrected chi connectivity index (χ4v) is 3.84. The summed E-state index contributed by atoms with van der Waals surface area (Å²) in [6.07, 6.45) is 0. The molecule has 13 heteroatoms. The highest BCUT2D eigenvalue weighted by Crippen LogP contribution is 2.20. The van der Waals surface area contributed by atoms with Gasteiger partial charge in [-0.3, -0.25) is 4.79 Å². The molecule has 13 nitrogen and oxygen atoms in total. The Morgan fingerprint density at radius 2 is 0.957 bits per heavy atom. The molecule has 0 aliphatic heterocycles. The first-order valence-electron chi connectivity index (χ1n) is 13.7. The topological polar surface area (TPSA) is 257 Å². The first kappa shape index (κ1) is 36.1. The van der Waals surface area contributed by atoms with Gasteiger partial charge in [-0.05, 0) is 50.2 Å². The van der Waals surface area contributed by atoms with Crippen molar-refractivity contribution in [3.8, 4) is 0 Å². The van der Waals surface area contributed by atoms with Crippen molar-refractivity contribution in [1.29, 1.82) is 0 Å². The van der Waals surface area contributed by atoms with Gasteiger partial charge in [0.15, 0.2) is 5.78 Å². The lowest BCUT2D eigenvalue weighted by Crippen LogP contribution is -2.40. The second-order valence-corrected chi connectivity index (χ2v) is 9.36. The average Bonchev–Trinajstić information content (AvgIpc) is 3.00. The largest absolute Gasteiger partial charge is 0.545 e. The van der Waals surface area contributed by atoms with Gasteiger partial charge in [-0.15, -0.1) is 0 Å². The molecule has 0 bridgehead atoms. The average molecular weight is 631 g/mol. The zero-order chi connectivity index (χ0) is 34.4. The van der Waals surface area contributed by atoms with Crippen LogP contribution in [-0.2, 0) is 9.47 Å². The number of ketones is 1. The maximum atomic E-state index is 12.8. The number of benzene rings is 4. The van der Waals surface area contributed by atoms with Gasteiger partial charge in [0.1, 0.15) is 11.4 Å². The third-order valence-corrected chi connectivity index (χ3v) is 5.90. The molecule has 10 N–H and O–H groups in total. The van der Waals surface area contributed by atoms with E-state index < -0.39 is 40.8 Å². The highest BCUT2D eigenvalue weighted by Gasteiger charge is 2.21. The molecule has 0 radical (unpaired) electrons. The minimum Gasteiger partial charge on any atom is -0.545 e. The van der Waals surface area contributed by atoms with Crippen molar-refractivity contribution in [2.45, 2.75) is 13.8 Å². The number of hydrogen-bond donors (Lipinski definition) is 4. The smallest absolute Gasteiger partial charge is 0.338 e. The van der Waals surface area contributed by atoms with Crippen LogP contribution in [0.3, 0.4) is 0 Å². The number of rotatable bonds is 8. The monoisotopic (exact) mass is 630 g/mol. The molecule has 0 aliphatic rings. The molecule has 0 amide bonds. The molecule has 4 aromatic rings. The SMILES string of the molecule is CCOC(=O)c1cc(C(=O)c2ccc(C(=O)[O-])c(C(=O)OCC)c2)ccc1C(=O)[O-].Nc1cccc([NH3+])c1.Nc1cccc([NH3+])c1. The van der Waals surface area contributed by atoms with Crippen LogP contribution >= 0.6 is 0 Å². The number of nitrogens with two attached hydrogens (primary N) is 2. The number of aromatic carboxylic acids is 2. The number of quaternary nitrogens is 2. The lowest BCUT2D eigenvalue weighted by atomic mass is 9.95. The molecule has 0 saturated carbocycles. The van der Waals surface area contributed by atoms with E-state index in [1.165, 1.54) is 13.8 Å². The molecule has 0 spiro atoms. The summed E-state index contributed by atoms with van der Waals surface area (Å²) in [6, 6.07) is 21.4. The van der Waals surface area contributed by atoms with E-state index in [9.17, 15) is 34.2 Å². The van der Waals surface area contributed by atoms with Crippen LogP contribution in [0.2, 0.25) is 0 Å². The number of hydrogen-bond acceptors (Lipinski definition) is 11. The van der Waals surface area contributed by atoms with E-state index in [1.807, 2.05) is 48.5 Å². The first-order valence-corrected chi connectivity index (χ1v) is 13.7. The lowest BCUT2D eigenvalue weighted by Gasteiger charge is -2.13. The molecule has 4 rings (SSSR count). The van der Waals surface area contributed by atoms with Crippen molar-refractivity contribution in [1.82, 2.24) is 0 Å². The molecular weight excluding hydrogens is 596 g/mol. The van der Waals surface area contributed by atoms with Crippen molar-refractivity contribution >= 4 is 52.4 Å². The molecule has 4 aromatic carbocycles. The Kier molecular flexibility index (Phi) is 13.6. The summed E-state index contributed by atoms with van der Waals surface area (Å²) in [5.74, 6) is -5.85. The second kappa shape index (κ2) is 17.3. The second-order valence-electron chi connectivity index (χ2n) is 9.36. The van der Waals surface area contributed by atoms with Crippen molar-refractivity contribution in [3.05, 3.63) is 118 Å². The third-order valence-electron chi connectivity index (χ3n) is 5.90. The van der Waals surface area contributed by atoms with Crippen LogP contribution in [0.25, 0.3) is 0 Å². The Labute approximate surface area is 264 Å². The molecule has 0 heterocycles. The van der Waals surface area contributed by atoms with Gasteiger partial charge in [0, 0.05) is 45.8 Å². The van der Waals surface area contributed by atoms with Gasteiger partial charge >= 0.3 is 11.9 Å². The summed E-state index contributed by atoms with van der Waals surface area (Å²) in [4.78, 5) is 59.5. The molecule has 0 unspecified atom stereocenters. The number of carbonyl (C=O) groups is 5. The Hall–Kier alpha value is -6.05. The van der Waals surface area contributed by atoms with Crippen LogP contribution < -0.4 is 33.1 Å². The van der Waals surface area contributed by atoms with Crippen molar-refractivity contribution in [2.75, 3.05) is 24.7 Å². The Morgan fingerprint density at radius 3 is 1.22 bits per heavy atom. The molecule has 46 heavy (non-hydrogen) atoms. The minimum absolute atomic E-state index is 0.0168. The Bertz CT molecular complexity index is 1580. The number of ether oxygens (including phenoxy) is 2. The van der Waals surface area contributed by atoms with E-state index in [2.05, 4.69) is 11.5 Å². The highest BCUT2D eigenvalue weighted by molar-refractivity contribution is 6.13. The van der Waals surface area contributed by atoms with E-state index in [0.717, 1.165) is 59.1 Å². The summed E-state index contributed by atoms with van der Waals surface area (Å²) in [5.41, 5.74) is 19.9. The highest BCUT2D eigenvalue weighted by atomic mass is 16.5. The number of nitrogen functional groups attached to an aromatic ring is 2. The molecule has 0 aromatic heterocycles. The van der Waals surface area contributed by atoms with Crippen molar-refractivity contribution in [3.63, 3.8) is 0 Å². The lowest BCUT2D eigenvalue weighted by molar-refractivity contribution is -0.256. The maximum Gasteiger partial charge on any atom is 0.338 e. The standard InChI is InChI=1S/C21H18O9.2C6H8N2/c1-3-29-20(27)15-9-11(5-7-13(15)18(23)24)17(22)12-6-8-14(19(25)26)16(10-12)21(28)30-4-2;2*7-5-2-1-3-6(8)4-5/h5-10H,3-4H2,1-2H3,(H,23,24)(H,25,26);2*1-4H,7-8H2. The number of carbonyl (C=O) groups excluding carboxylic acids is 5. The fourth-order valence-electron chi connectivity index (χ4n) is 3.84. The quantitative estimate of drug-likeness (QED) is 0.117.